The van der Waals surface area contributed by atoms with Crippen molar-refractivity contribution >= 4 is 52.6 Å². The van der Waals surface area contributed by atoms with Crippen LogP contribution in [0.4, 0.5) is 15.3 Å². The van der Waals surface area contributed by atoms with E-state index in [2.05, 4.69) is 20.6 Å². The molecule has 14 nitrogen and oxygen atoms in total. The molecule has 0 aliphatic carbocycles. The van der Waals surface area contributed by atoms with E-state index in [9.17, 15) is 24.0 Å². The molecular weight excluding hydrogens is 767 g/mol. The molecule has 4 rings (SSSR count). The van der Waals surface area contributed by atoms with Crippen LogP contribution >= 0.6 is 0 Å². The van der Waals surface area contributed by atoms with E-state index in [1.807, 2.05) is 65.8 Å². The zero-order valence-corrected chi connectivity index (χ0v) is 36.6. The van der Waals surface area contributed by atoms with E-state index in [1.165, 1.54) is 12.1 Å². The molecule has 0 aliphatic rings. The monoisotopic (exact) mass is 823 g/mol. The molecule has 0 bridgehead atoms. The number of alkyl carbamates (subject to hydrolysis) is 1. The molecule has 0 radical (unpaired) electrons. The minimum absolute atomic E-state index is 0.0806. The second-order valence-corrected chi connectivity index (χ2v) is 18.5. The Bertz CT molecular complexity index is 2240. The molecule has 0 saturated heterocycles. The van der Waals surface area contributed by atoms with Gasteiger partial charge in [0.15, 0.2) is 0 Å². The molecule has 3 aromatic carbocycles. The van der Waals surface area contributed by atoms with Gasteiger partial charge in [-0.25, -0.2) is 19.4 Å². The second-order valence-electron chi connectivity index (χ2n) is 18.5. The van der Waals surface area contributed by atoms with Crippen LogP contribution in [0.3, 0.4) is 0 Å². The van der Waals surface area contributed by atoms with Gasteiger partial charge in [-0.3, -0.25) is 14.9 Å². The maximum absolute atomic E-state index is 14.1. The largest absolute Gasteiger partial charge is 0.460 e. The van der Waals surface area contributed by atoms with E-state index in [-0.39, 0.29) is 53.2 Å². The lowest BCUT2D eigenvalue weighted by molar-refractivity contribution is -0.153. The summed E-state index contributed by atoms with van der Waals surface area (Å²) in [6.07, 6.45) is -1.70. The van der Waals surface area contributed by atoms with Crippen molar-refractivity contribution in [3.8, 4) is 5.75 Å². The number of amides is 3. The molecule has 14 heteroatoms. The number of benzene rings is 3. The maximum Gasteiger partial charge on any atom is 0.437 e. The Morgan fingerprint density at radius 3 is 1.92 bits per heavy atom. The van der Waals surface area contributed by atoms with E-state index in [0.717, 1.165) is 11.1 Å². The van der Waals surface area contributed by atoms with Crippen LogP contribution < -0.4 is 15.4 Å². The Labute approximate surface area is 352 Å². The van der Waals surface area contributed by atoms with Gasteiger partial charge >= 0.3 is 24.1 Å². The third kappa shape index (κ3) is 15.5. The number of nitrogens with one attached hydrogen (secondary N) is 2. The highest BCUT2D eigenvalue weighted by atomic mass is 16.6. The van der Waals surface area contributed by atoms with Crippen molar-refractivity contribution in [3.05, 3.63) is 101 Å². The van der Waals surface area contributed by atoms with Crippen LogP contribution in [0.25, 0.3) is 10.9 Å². The first kappa shape index (κ1) is 46.4. The Morgan fingerprint density at radius 1 is 0.700 bits per heavy atom. The van der Waals surface area contributed by atoms with Crippen LogP contribution in [0.1, 0.15) is 115 Å². The fourth-order valence-electron chi connectivity index (χ4n) is 5.70. The van der Waals surface area contributed by atoms with Gasteiger partial charge in [-0.1, -0.05) is 51.1 Å². The van der Waals surface area contributed by atoms with Crippen LogP contribution in [-0.4, -0.2) is 69.2 Å². The lowest BCUT2D eigenvalue weighted by Crippen LogP contribution is -2.40. The number of fused-ring (bicyclic) bond motifs is 1. The van der Waals surface area contributed by atoms with E-state index in [4.69, 9.17) is 18.9 Å². The number of aromatic nitrogens is 1. The Balaban J connectivity index is 1.48. The van der Waals surface area contributed by atoms with Gasteiger partial charge in [-0.15, -0.1) is 4.99 Å². The van der Waals surface area contributed by atoms with Crippen molar-refractivity contribution < 1.29 is 42.9 Å². The average Bonchev–Trinajstić information content (AvgIpc) is 3.08. The van der Waals surface area contributed by atoms with Crippen molar-refractivity contribution in [1.82, 2.24) is 15.2 Å². The smallest absolute Gasteiger partial charge is 0.437 e. The molecule has 0 atom stereocenters. The predicted molar refractivity (Wildman–Crippen MR) is 230 cm³/mol. The number of carbonyl (C=O) groups is 5. The summed E-state index contributed by atoms with van der Waals surface area (Å²) in [5, 5.41) is 5.90. The van der Waals surface area contributed by atoms with Crippen LogP contribution in [0, 0.1) is 5.41 Å². The molecule has 60 heavy (non-hydrogen) atoms. The zero-order chi connectivity index (χ0) is 44.6. The third-order valence-electron chi connectivity index (χ3n) is 7.88. The first-order valence-electron chi connectivity index (χ1n) is 19.6. The molecule has 0 aliphatic heterocycles. The van der Waals surface area contributed by atoms with Crippen LogP contribution in [-0.2, 0) is 32.0 Å². The van der Waals surface area contributed by atoms with E-state index in [1.54, 1.807) is 88.9 Å². The van der Waals surface area contributed by atoms with Crippen molar-refractivity contribution in [1.29, 1.82) is 0 Å². The fourth-order valence-corrected chi connectivity index (χ4v) is 5.70. The van der Waals surface area contributed by atoms with Crippen LogP contribution in [0.2, 0.25) is 0 Å². The number of ether oxygens (including phenoxy) is 4. The van der Waals surface area contributed by atoms with Crippen molar-refractivity contribution in [2.45, 2.75) is 113 Å². The summed E-state index contributed by atoms with van der Waals surface area (Å²) >= 11 is 0. The third-order valence-corrected chi connectivity index (χ3v) is 7.88. The standard InChI is InChI=1S/C46H57N5O9/c1-43(2,3)28-51(27-32-16-14-13-15-30(32)26-37(52)58-44(4,5)6)38(53)36-23-19-31-25-34(22-24-35(31)48-36)57-39(54)29-17-20-33(21-18-29)47-40(49-41(55)59-45(7,8)9)50-42(56)60-46(10,11)12/h13-25H,26-28H2,1-12H3,(H2,47,49,50,55,56). The summed E-state index contributed by atoms with van der Waals surface area (Å²) in [5.74, 6) is -1.23. The SMILES string of the molecule is CC(C)(C)CN(Cc1ccccc1CC(=O)OC(C)(C)C)C(=O)c1ccc2cc(OC(=O)c3ccc(N/C(=N\C(=O)OC(C)(C)C)NC(=O)OC(C)(C)C)cc3)ccc2n1. The summed E-state index contributed by atoms with van der Waals surface area (Å²) in [6, 6.07) is 22.0. The number of rotatable bonds is 9. The Kier molecular flexibility index (Phi) is 14.5. The second kappa shape index (κ2) is 18.7. The topological polar surface area (TPSA) is 175 Å². The molecule has 0 fully saturated rings. The Hall–Kier alpha value is -6.31. The number of nitrogens with zero attached hydrogens (tertiary/aromatic N) is 3. The number of esters is 2. The lowest BCUT2D eigenvalue weighted by Gasteiger charge is -2.30. The lowest BCUT2D eigenvalue weighted by atomic mass is 9.95. The number of carbonyl (C=O) groups excluding carboxylic acids is 5. The van der Waals surface area contributed by atoms with Crippen molar-refractivity contribution in [2.24, 2.45) is 10.4 Å². The molecule has 320 valence electrons. The van der Waals surface area contributed by atoms with E-state index in [0.29, 0.717) is 23.1 Å². The molecule has 0 unspecified atom stereocenters. The first-order valence-corrected chi connectivity index (χ1v) is 19.6. The van der Waals surface area contributed by atoms with Gasteiger partial charge in [0.1, 0.15) is 28.2 Å². The quantitative estimate of drug-likeness (QED) is 0.0541. The predicted octanol–water partition coefficient (Wildman–Crippen LogP) is 9.25. The number of anilines is 1. The molecule has 0 spiro atoms. The first-order chi connectivity index (χ1) is 27.7. The highest BCUT2D eigenvalue weighted by molar-refractivity contribution is 6.06. The van der Waals surface area contributed by atoms with Crippen molar-refractivity contribution in [3.63, 3.8) is 0 Å². The normalized spacial score (nSPS) is 12.3. The number of aliphatic imine (C=N–C) groups is 1. The molecule has 1 heterocycles. The maximum atomic E-state index is 14.1. The molecule has 0 saturated carbocycles. The minimum atomic E-state index is -0.938. The summed E-state index contributed by atoms with van der Waals surface area (Å²) in [6.45, 7) is 22.5. The molecule has 1 aromatic heterocycles. The molecule has 4 aromatic rings. The highest BCUT2D eigenvalue weighted by Gasteiger charge is 2.26. The number of hydrogen-bond acceptors (Lipinski definition) is 10. The number of hydrogen-bond donors (Lipinski definition) is 2. The summed E-state index contributed by atoms with van der Waals surface area (Å²) < 4.78 is 21.8. The van der Waals surface area contributed by atoms with Gasteiger partial charge in [0.25, 0.3) is 5.91 Å². The van der Waals surface area contributed by atoms with Crippen LogP contribution in [0.15, 0.2) is 83.9 Å². The highest BCUT2D eigenvalue weighted by Crippen LogP contribution is 2.25. The van der Waals surface area contributed by atoms with Gasteiger partial charge in [-0.05, 0) is 127 Å². The van der Waals surface area contributed by atoms with Gasteiger partial charge in [0.05, 0.1) is 17.5 Å². The zero-order valence-electron chi connectivity index (χ0n) is 36.6. The summed E-state index contributed by atoms with van der Waals surface area (Å²) in [7, 11) is 0. The summed E-state index contributed by atoms with van der Waals surface area (Å²) in [5.41, 5.74) is 0.527. The average molecular weight is 824 g/mol. The number of guanidine groups is 1. The van der Waals surface area contributed by atoms with Gasteiger partial charge < -0.3 is 29.2 Å². The minimum Gasteiger partial charge on any atom is -0.460 e. The van der Waals surface area contributed by atoms with Gasteiger partial charge in [-0.2, -0.15) is 0 Å². The van der Waals surface area contributed by atoms with Crippen molar-refractivity contribution in [2.75, 3.05) is 11.9 Å². The molecule has 3 amide bonds. The van der Waals surface area contributed by atoms with E-state index >= 15 is 0 Å². The van der Waals surface area contributed by atoms with E-state index < -0.39 is 35.0 Å². The molecular formula is C46H57N5O9. The Morgan fingerprint density at radius 2 is 1.32 bits per heavy atom. The van der Waals surface area contributed by atoms with Crippen LogP contribution in [0.5, 0.6) is 5.75 Å². The summed E-state index contributed by atoms with van der Waals surface area (Å²) in [4.78, 5) is 75.1. The van der Waals surface area contributed by atoms with Gasteiger partial charge in [0.2, 0.25) is 5.96 Å². The number of pyridine rings is 1. The van der Waals surface area contributed by atoms with Gasteiger partial charge in [0, 0.05) is 24.2 Å². The molecule has 2 N–H and O–H groups in total. The fraction of sp³-hybridized carbons (Fsp3) is 0.413.